The van der Waals surface area contributed by atoms with Crippen LogP contribution in [-0.4, -0.2) is 20.3 Å². The fourth-order valence-electron chi connectivity index (χ4n) is 1.73. The average Bonchev–Trinajstić information content (AvgIpc) is 2.73. The van der Waals surface area contributed by atoms with Crippen molar-refractivity contribution in [2.75, 3.05) is 5.33 Å². The van der Waals surface area contributed by atoms with Crippen molar-refractivity contribution in [2.45, 2.75) is 12.3 Å². The van der Waals surface area contributed by atoms with Gasteiger partial charge in [-0.1, -0.05) is 51.5 Å². The molecule has 0 aliphatic heterocycles. The van der Waals surface area contributed by atoms with E-state index in [1.165, 1.54) is 5.56 Å². The van der Waals surface area contributed by atoms with Gasteiger partial charge in [-0.15, -0.1) is 5.10 Å². The lowest BCUT2D eigenvalue weighted by molar-refractivity contribution is 0.708. The molecule has 2 aromatic rings. The molecule has 0 saturated carbocycles. The zero-order valence-corrected chi connectivity index (χ0v) is 10.8. The molecule has 4 heteroatoms. The van der Waals surface area contributed by atoms with Crippen molar-refractivity contribution in [2.24, 2.45) is 7.05 Å². The average molecular weight is 280 g/mol. The van der Waals surface area contributed by atoms with Gasteiger partial charge in [0.05, 0.1) is 5.69 Å². The van der Waals surface area contributed by atoms with E-state index in [2.05, 4.69) is 50.5 Å². The molecule has 1 aromatic carbocycles. The van der Waals surface area contributed by atoms with Crippen LogP contribution in [0, 0.1) is 0 Å². The first-order valence-corrected chi connectivity index (χ1v) is 6.38. The maximum atomic E-state index is 4.12. The summed E-state index contributed by atoms with van der Waals surface area (Å²) in [5, 5.41) is 9.01. The highest BCUT2D eigenvalue weighted by atomic mass is 79.9. The number of hydrogen-bond donors (Lipinski definition) is 0. The van der Waals surface area contributed by atoms with Gasteiger partial charge in [-0.2, -0.15) is 0 Å². The second-order valence-corrected chi connectivity index (χ2v) is 4.50. The van der Waals surface area contributed by atoms with Crippen LogP contribution in [0.15, 0.2) is 36.5 Å². The highest BCUT2D eigenvalue weighted by Gasteiger charge is 2.12. The second kappa shape index (κ2) is 5.25. The van der Waals surface area contributed by atoms with Crippen molar-refractivity contribution < 1.29 is 0 Å². The molecule has 1 atom stereocenters. The second-order valence-electron chi connectivity index (χ2n) is 3.85. The molecule has 0 amide bonds. The maximum absolute atomic E-state index is 4.12. The lowest BCUT2D eigenvalue weighted by atomic mass is 9.97. The van der Waals surface area contributed by atoms with Crippen LogP contribution >= 0.6 is 15.9 Å². The Balaban J connectivity index is 2.12. The smallest absolute Gasteiger partial charge is 0.0833 e. The number of alkyl halides is 1. The van der Waals surface area contributed by atoms with Crippen LogP contribution in [-0.2, 0) is 13.5 Å². The minimum Gasteiger partial charge on any atom is -0.255 e. The van der Waals surface area contributed by atoms with Crippen molar-refractivity contribution in [1.82, 2.24) is 15.0 Å². The molecule has 0 fully saturated rings. The van der Waals surface area contributed by atoms with Crippen molar-refractivity contribution in [3.05, 3.63) is 47.8 Å². The molecule has 3 nitrogen and oxygen atoms in total. The first kappa shape index (κ1) is 11.3. The molecule has 1 aromatic heterocycles. The molecular formula is C12H14BrN3. The third-order valence-electron chi connectivity index (χ3n) is 2.56. The molecule has 1 heterocycles. The van der Waals surface area contributed by atoms with Crippen molar-refractivity contribution in [3.63, 3.8) is 0 Å². The molecule has 84 valence electrons. The van der Waals surface area contributed by atoms with Gasteiger partial charge in [0.1, 0.15) is 0 Å². The van der Waals surface area contributed by atoms with E-state index in [0.717, 1.165) is 17.4 Å². The maximum Gasteiger partial charge on any atom is 0.0833 e. The molecule has 0 radical (unpaired) electrons. The summed E-state index contributed by atoms with van der Waals surface area (Å²) in [5.74, 6) is 0.456. The fraction of sp³-hybridized carbons (Fsp3) is 0.333. The number of aromatic nitrogens is 3. The van der Waals surface area contributed by atoms with Crippen LogP contribution in [0.25, 0.3) is 0 Å². The number of rotatable bonds is 4. The van der Waals surface area contributed by atoms with E-state index in [0.29, 0.717) is 5.92 Å². The summed E-state index contributed by atoms with van der Waals surface area (Å²) < 4.78 is 1.74. The van der Waals surface area contributed by atoms with Gasteiger partial charge in [0.15, 0.2) is 0 Å². The Labute approximate surface area is 104 Å². The molecule has 0 aliphatic rings. The first-order valence-electron chi connectivity index (χ1n) is 5.25. The highest BCUT2D eigenvalue weighted by Crippen LogP contribution is 2.21. The third kappa shape index (κ3) is 2.70. The van der Waals surface area contributed by atoms with E-state index < -0.39 is 0 Å². The van der Waals surface area contributed by atoms with Crippen molar-refractivity contribution >= 4 is 15.9 Å². The van der Waals surface area contributed by atoms with E-state index >= 15 is 0 Å². The van der Waals surface area contributed by atoms with Crippen LogP contribution in [0.3, 0.4) is 0 Å². The topological polar surface area (TPSA) is 30.7 Å². The Morgan fingerprint density at radius 3 is 2.62 bits per heavy atom. The molecule has 1 unspecified atom stereocenters. The Morgan fingerprint density at radius 2 is 2.06 bits per heavy atom. The molecule has 0 bridgehead atoms. The monoisotopic (exact) mass is 279 g/mol. The normalized spacial score (nSPS) is 12.6. The predicted molar refractivity (Wildman–Crippen MR) is 67.7 cm³/mol. The lowest BCUT2D eigenvalue weighted by Crippen LogP contribution is -2.04. The Morgan fingerprint density at radius 1 is 1.31 bits per heavy atom. The van der Waals surface area contributed by atoms with E-state index in [-0.39, 0.29) is 0 Å². The summed E-state index contributed by atoms with van der Waals surface area (Å²) in [6, 6.07) is 10.5. The van der Waals surface area contributed by atoms with Gasteiger partial charge in [-0.3, -0.25) is 4.68 Å². The fourth-order valence-corrected chi connectivity index (χ4v) is 2.33. The first-order chi connectivity index (χ1) is 7.79. The van der Waals surface area contributed by atoms with E-state index in [9.17, 15) is 0 Å². The van der Waals surface area contributed by atoms with E-state index in [4.69, 9.17) is 0 Å². The third-order valence-corrected chi connectivity index (χ3v) is 3.34. The predicted octanol–water partition coefficient (Wildman–Crippen LogP) is 2.54. The lowest BCUT2D eigenvalue weighted by Gasteiger charge is -2.12. The SMILES string of the molecule is Cn1cc(CC(CBr)c2ccccc2)nn1. The molecule has 0 N–H and O–H groups in total. The summed E-state index contributed by atoms with van der Waals surface area (Å²) in [6.07, 6.45) is 2.89. The molecular weight excluding hydrogens is 266 g/mol. The molecule has 2 rings (SSSR count). The van der Waals surface area contributed by atoms with Crippen LogP contribution in [0.4, 0.5) is 0 Å². The Hall–Kier alpha value is -1.16. The summed E-state index contributed by atoms with van der Waals surface area (Å²) in [5.41, 5.74) is 2.38. The quantitative estimate of drug-likeness (QED) is 0.806. The van der Waals surface area contributed by atoms with Gasteiger partial charge in [0, 0.05) is 25.0 Å². The van der Waals surface area contributed by atoms with Gasteiger partial charge < -0.3 is 0 Å². The van der Waals surface area contributed by atoms with Gasteiger partial charge in [-0.05, 0) is 11.5 Å². The van der Waals surface area contributed by atoms with E-state index in [1.54, 1.807) is 4.68 Å². The summed E-state index contributed by atoms with van der Waals surface area (Å²) >= 11 is 3.56. The van der Waals surface area contributed by atoms with Gasteiger partial charge in [0.2, 0.25) is 0 Å². The zero-order valence-electron chi connectivity index (χ0n) is 9.18. The standard InChI is InChI=1S/C12H14BrN3/c1-16-9-12(14-15-16)7-11(8-13)10-5-3-2-4-6-10/h2-6,9,11H,7-8H2,1H3. The van der Waals surface area contributed by atoms with Crippen molar-refractivity contribution in [1.29, 1.82) is 0 Å². The van der Waals surface area contributed by atoms with Gasteiger partial charge in [-0.25, -0.2) is 0 Å². The summed E-state index contributed by atoms with van der Waals surface area (Å²) in [7, 11) is 1.89. The molecule has 0 spiro atoms. The minimum atomic E-state index is 0.456. The Kier molecular flexibility index (Phi) is 3.72. The number of benzene rings is 1. The van der Waals surface area contributed by atoms with E-state index in [1.807, 2.05) is 19.3 Å². The van der Waals surface area contributed by atoms with Gasteiger partial charge >= 0.3 is 0 Å². The number of nitrogens with zero attached hydrogens (tertiary/aromatic N) is 3. The number of halogens is 1. The molecule has 0 saturated heterocycles. The minimum absolute atomic E-state index is 0.456. The Bertz CT molecular complexity index is 439. The van der Waals surface area contributed by atoms with Gasteiger partial charge in [0.25, 0.3) is 0 Å². The van der Waals surface area contributed by atoms with Crippen LogP contribution in [0.1, 0.15) is 17.2 Å². The van der Waals surface area contributed by atoms with Crippen LogP contribution in [0.2, 0.25) is 0 Å². The largest absolute Gasteiger partial charge is 0.255 e. The number of aryl methyl sites for hydroxylation is 1. The van der Waals surface area contributed by atoms with Crippen LogP contribution < -0.4 is 0 Å². The molecule has 16 heavy (non-hydrogen) atoms. The van der Waals surface area contributed by atoms with Crippen LogP contribution in [0.5, 0.6) is 0 Å². The highest BCUT2D eigenvalue weighted by molar-refractivity contribution is 9.09. The summed E-state index contributed by atoms with van der Waals surface area (Å²) in [6.45, 7) is 0. The number of hydrogen-bond acceptors (Lipinski definition) is 2. The zero-order chi connectivity index (χ0) is 11.4. The van der Waals surface area contributed by atoms with Crippen molar-refractivity contribution in [3.8, 4) is 0 Å². The molecule has 0 aliphatic carbocycles. The summed E-state index contributed by atoms with van der Waals surface area (Å²) in [4.78, 5) is 0.